The van der Waals surface area contributed by atoms with Crippen LogP contribution in [0.1, 0.15) is 26.3 Å². The number of carbonyl (C=O) groups is 2. The molecule has 2 aromatic carbocycles. The average molecular weight is 371 g/mol. The van der Waals surface area contributed by atoms with Crippen LogP contribution < -0.4 is 4.90 Å². The number of nitro benzene ring substituents is 1. The van der Waals surface area contributed by atoms with Gasteiger partial charge in [0.2, 0.25) is 0 Å². The monoisotopic (exact) mass is 370 g/mol. The van der Waals surface area contributed by atoms with E-state index in [-0.39, 0.29) is 22.5 Å². The summed E-state index contributed by atoms with van der Waals surface area (Å²) in [6.45, 7) is 0. The van der Waals surface area contributed by atoms with E-state index < -0.39 is 33.5 Å². The Morgan fingerprint density at radius 3 is 2.20 bits per heavy atom. The van der Waals surface area contributed by atoms with Gasteiger partial charge in [-0.15, -0.1) is 0 Å². The highest BCUT2D eigenvalue weighted by Crippen LogP contribution is 2.38. The van der Waals surface area contributed by atoms with Crippen molar-refractivity contribution in [3.05, 3.63) is 68.2 Å². The summed E-state index contributed by atoms with van der Waals surface area (Å²) in [7, 11) is 0. The Hall–Kier alpha value is -2.94. The largest absolute Gasteiger partial charge is 0.416 e. The zero-order valence-corrected chi connectivity index (χ0v) is 12.8. The number of halogens is 4. The van der Waals surface area contributed by atoms with Crippen LogP contribution in [0.4, 0.5) is 24.5 Å². The van der Waals surface area contributed by atoms with Gasteiger partial charge in [0.25, 0.3) is 17.5 Å². The highest BCUT2D eigenvalue weighted by molar-refractivity contribution is 6.39. The lowest BCUT2D eigenvalue weighted by Crippen LogP contribution is -2.29. The van der Waals surface area contributed by atoms with E-state index in [0.29, 0.717) is 17.0 Å². The van der Waals surface area contributed by atoms with Crippen LogP contribution in [-0.2, 0) is 6.18 Å². The first-order valence-electron chi connectivity index (χ1n) is 6.65. The Bertz CT molecular complexity index is 943. The van der Waals surface area contributed by atoms with E-state index in [1.54, 1.807) is 0 Å². The van der Waals surface area contributed by atoms with Gasteiger partial charge >= 0.3 is 6.18 Å². The number of non-ortho nitro benzene ring substituents is 1. The Balaban J connectivity index is 2.06. The second-order valence-corrected chi connectivity index (χ2v) is 5.50. The fourth-order valence-corrected chi connectivity index (χ4v) is 2.69. The topological polar surface area (TPSA) is 80.5 Å². The molecule has 1 aliphatic rings. The number of hydrogen-bond donors (Lipinski definition) is 0. The summed E-state index contributed by atoms with van der Waals surface area (Å²) in [4.78, 5) is 35.5. The van der Waals surface area contributed by atoms with E-state index in [1.165, 1.54) is 0 Å². The first-order valence-corrected chi connectivity index (χ1v) is 7.03. The summed E-state index contributed by atoms with van der Waals surface area (Å²) in [5.74, 6) is -1.72. The summed E-state index contributed by atoms with van der Waals surface area (Å²) in [5, 5.41) is 10.3. The van der Waals surface area contributed by atoms with Gasteiger partial charge in [-0.3, -0.25) is 19.7 Å². The van der Waals surface area contributed by atoms with Gasteiger partial charge in [-0.1, -0.05) is 11.6 Å². The van der Waals surface area contributed by atoms with Gasteiger partial charge < -0.3 is 0 Å². The van der Waals surface area contributed by atoms with Crippen molar-refractivity contribution in [3.8, 4) is 0 Å². The molecular formula is C15H6ClF3N2O4. The highest BCUT2D eigenvalue weighted by atomic mass is 35.5. The minimum Gasteiger partial charge on any atom is -0.268 e. The van der Waals surface area contributed by atoms with Crippen molar-refractivity contribution in [2.45, 2.75) is 6.18 Å². The minimum atomic E-state index is -4.63. The van der Waals surface area contributed by atoms with Crippen LogP contribution in [0.25, 0.3) is 0 Å². The summed E-state index contributed by atoms with van der Waals surface area (Å²) in [6, 6.07) is 5.30. The molecule has 128 valence electrons. The molecule has 2 amide bonds. The van der Waals surface area contributed by atoms with Gasteiger partial charge in [-0.2, -0.15) is 13.2 Å². The van der Waals surface area contributed by atoms with Gasteiger partial charge in [-0.25, -0.2) is 4.90 Å². The first-order chi connectivity index (χ1) is 11.6. The third-order valence-electron chi connectivity index (χ3n) is 3.60. The number of anilines is 1. The van der Waals surface area contributed by atoms with Crippen LogP contribution in [-0.4, -0.2) is 16.7 Å². The Morgan fingerprint density at radius 2 is 1.64 bits per heavy atom. The van der Waals surface area contributed by atoms with Crippen LogP contribution >= 0.6 is 11.6 Å². The molecule has 0 fully saturated rings. The van der Waals surface area contributed by atoms with E-state index in [2.05, 4.69) is 0 Å². The van der Waals surface area contributed by atoms with Crippen LogP contribution in [0.15, 0.2) is 36.4 Å². The van der Waals surface area contributed by atoms with Crippen molar-refractivity contribution in [1.29, 1.82) is 0 Å². The molecule has 0 saturated carbocycles. The van der Waals surface area contributed by atoms with E-state index in [1.807, 2.05) is 0 Å². The van der Waals surface area contributed by atoms with E-state index in [0.717, 1.165) is 24.3 Å². The minimum absolute atomic E-state index is 0.0911. The SMILES string of the molecule is O=C1c2ccc([N+](=O)[O-])cc2C(=O)N1c1ccc(C(F)(F)F)cc1Cl. The predicted molar refractivity (Wildman–Crippen MR) is 80.7 cm³/mol. The third-order valence-corrected chi connectivity index (χ3v) is 3.90. The number of nitro groups is 1. The van der Waals surface area contributed by atoms with Crippen molar-refractivity contribution in [2.75, 3.05) is 4.90 Å². The molecule has 25 heavy (non-hydrogen) atoms. The molecule has 0 radical (unpaired) electrons. The van der Waals surface area contributed by atoms with Crippen molar-refractivity contribution in [1.82, 2.24) is 0 Å². The average Bonchev–Trinajstić information content (AvgIpc) is 2.78. The maximum Gasteiger partial charge on any atom is 0.416 e. The number of fused-ring (bicyclic) bond motifs is 1. The van der Waals surface area contributed by atoms with Crippen LogP contribution in [0.5, 0.6) is 0 Å². The predicted octanol–water partition coefficient (Wildman–Crippen LogP) is 4.07. The number of imide groups is 1. The van der Waals surface area contributed by atoms with Gasteiger partial charge in [0, 0.05) is 12.1 Å². The summed E-state index contributed by atoms with van der Waals surface area (Å²) >= 11 is 5.82. The second kappa shape index (κ2) is 5.55. The third kappa shape index (κ3) is 2.72. The molecule has 3 rings (SSSR count). The molecule has 0 aromatic heterocycles. The number of rotatable bonds is 2. The van der Waals surface area contributed by atoms with Crippen LogP contribution in [0.3, 0.4) is 0 Å². The van der Waals surface area contributed by atoms with Gasteiger partial charge in [0.1, 0.15) is 0 Å². The van der Waals surface area contributed by atoms with E-state index in [9.17, 15) is 32.9 Å². The molecule has 0 unspecified atom stereocenters. The van der Waals surface area contributed by atoms with Crippen LogP contribution in [0.2, 0.25) is 5.02 Å². The molecular weight excluding hydrogens is 365 g/mol. The molecule has 2 aromatic rings. The maximum absolute atomic E-state index is 12.7. The van der Waals surface area contributed by atoms with Gasteiger partial charge in [0.05, 0.1) is 32.3 Å². The van der Waals surface area contributed by atoms with Crippen molar-refractivity contribution in [2.24, 2.45) is 0 Å². The molecule has 0 aliphatic carbocycles. The van der Waals surface area contributed by atoms with Crippen LogP contribution in [0, 0.1) is 10.1 Å². The van der Waals surface area contributed by atoms with E-state index in [4.69, 9.17) is 11.6 Å². The Kier molecular flexibility index (Phi) is 3.76. The zero-order valence-electron chi connectivity index (χ0n) is 12.0. The van der Waals surface area contributed by atoms with Gasteiger partial charge in [-0.05, 0) is 24.3 Å². The normalized spacial score (nSPS) is 14.0. The highest BCUT2D eigenvalue weighted by Gasteiger charge is 2.39. The molecule has 10 heteroatoms. The zero-order chi connectivity index (χ0) is 18.5. The summed E-state index contributed by atoms with van der Waals surface area (Å²) in [5.41, 5.74) is -1.96. The number of alkyl halides is 3. The van der Waals surface area contributed by atoms with Crippen molar-refractivity contribution >= 4 is 34.8 Å². The standard InChI is InChI=1S/C15H6ClF3N2O4/c16-11-5-7(15(17,18)19)1-4-12(11)20-13(22)9-3-2-8(21(24)25)6-10(9)14(20)23/h1-6H. The Morgan fingerprint density at radius 1 is 1.00 bits per heavy atom. The summed E-state index contributed by atoms with van der Waals surface area (Å²) < 4.78 is 38.1. The lowest BCUT2D eigenvalue weighted by molar-refractivity contribution is -0.384. The summed E-state index contributed by atoms with van der Waals surface area (Å²) in [6.07, 6.45) is -4.63. The molecule has 0 N–H and O–H groups in total. The number of benzene rings is 2. The molecule has 0 spiro atoms. The van der Waals surface area contributed by atoms with Gasteiger partial charge in [0.15, 0.2) is 0 Å². The lowest BCUT2D eigenvalue weighted by Gasteiger charge is -2.17. The molecule has 0 atom stereocenters. The fraction of sp³-hybridized carbons (Fsp3) is 0.0667. The lowest BCUT2D eigenvalue weighted by atomic mass is 10.1. The van der Waals surface area contributed by atoms with E-state index >= 15 is 0 Å². The molecule has 0 bridgehead atoms. The molecule has 6 nitrogen and oxygen atoms in total. The maximum atomic E-state index is 12.7. The second-order valence-electron chi connectivity index (χ2n) is 5.10. The smallest absolute Gasteiger partial charge is 0.268 e. The molecule has 1 heterocycles. The number of carbonyl (C=O) groups excluding carboxylic acids is 2. The fourth-order valence-electron chi connectivity index (χ4n) is 2.43. The Labute approximate surface area is 142 Å². The first kappa shape index (κ1) is 16.9. The van der Waals surface area contributed by atoms with Crippen molar-refractivity contribution in [3.63, 3.8) is 0 Å². The molecule has 1 aliphatic heterocycles. The molecule has 0 saturated heterocycles. The number of nitrogens with zero attached hydrogens (tertiary/aromatic N) is 2. The number of amides is 2. The van der Waals surface area contributed by atoms with Crippen molar-refractivity contribution < 1.29 is 27.7 Å². The quantitative estimate of drug-likeness (QED) is 0.453. The number of hydrogen-bond acceptors (Lipinski definition) is 4.